The summed E-state index contributed by atoms with van der Waals surface area (Å²) in [5, 5.41) is 3.87. The normalized spacial score (nSPS) is 23.4. The SMILES string of the molecule is Cc1noc(C2CCCCN2C(=O)CC(C)(C)C2CC2)n1. The Morgan fingerprint density at radius 1 is 1.33 bits per heavy atom. The molecule has 1 saturated carbocycles. The van der Waals surface area contributed by atoms with E-state index in [9.17, 15) is 4.79 Å². The van der Waals surface area contributed by atoms with Crippen molar-refractivity contribution >= 4 is 5.91 Å². The summed E-state index contributed by atoms with van der Waals surface area (Å²) in [5.74, 6) is 2.20. The van der Waals surface area contributed by atoms with Gasteiger partial charge in [-0.05, 0) is 50.4 Å². The highest BCUT2D eigenvalue weighted by Crippen LogP contribution is 2.48. The van der Waals surface area contributed by atoms with Gasteiger partial charge in [0.05, 0.1) is 0 Å². The third kappa shape index (κ3) is 3.11. The fraction of sp³-hybridized carbons (Fsp3) is 0.812. The lowest BCUT2D eigenvalue weighted by Crippen LogP contribution is -2.40. The van der Waals surface area contributed by atoms with Crippen LogP contribution in [0.2, 0.25) is 0 Å². The van der Waals surface area contributed by atoms with Gasteiger partial charge in [0.2, 0.25) is 11.8 Å². The molecular formula is C16H25N3O2. The zero-order valence-electron chi connectivity index (χ0n) is 13.3. The van der Waals surface area contributed by atoms with Crippen LogP contribution in [0.3, 0.4) is 0 Å². The molecule has 0 spiro atoms. The van der Waals surface area contributed by atoms with E-state index in [1.807, 2.05) is 11.8 Å². The number of amides is 1. The monoisotopic (exact) mass is 291 g/mol. The summed E-state index contributed by atoms with van der Waals surface area (Å²) in [6, 6.07) is -0.0255. The minimum atomic E-state index is -0.0255. The Bertz CT molecular complexity index is 519. The van der Waals surface area contributed by atoms with Crippen LogP contribution in [-0.2, 0) is 4.79 Å². The van der Waals surface area contributed by atoms with E-state index in [1.165, 1.54) is 12.8 Å². The van der Waals surface area contributed by atoms with Gasteiger partial charge in [0.1, 0.15) is 6.04 Å². The van der Waals surface area contributed by atoms with E-state index in [-0.39, 0.29) is 17.4 Å². The Morgan fingerprint density at radius 2 is 2.10 bits per heavy atom. The molecule has 21 heavy (non-hydrogen) atoms. The lowest BCUT2D eigenvalue weighted by molar-refractivity contribution is -0.138. The third-order valence-electron chi connectivity index (χ3n) is 4.94. The molecule has 1 aromatic rings. The minimum Gasteiger partial charge on any atom is -0.337 e. The first kappa shape index (κ1) is 14.5. The number of hydrogen-bond acceptors (Lipinski definition) is 4. The first-order valence-corrected chi connectivity index (χ1v) is 8.07. The van der Waals surface area contributed by atoms with Crippen molar-refractivity contribution in [3.63, 3.8) is 0 Å². The Morgan fingerprint density at radius 3 is 2.71 bits per heavy atom. The van der Waals surface area contributed by atoms with Crippen LogP contribution >= 0.6 is 0 Å². The second kappa shape index (κ2) is 5.43. The van der Waals surface area contributed by atoms with Crippen LogP contribution < -0.4 is 0 Å². The van der Waals surface area contributed by atoms with E-state index in [0.29, 0.717) is 18.1 Å². The molecule has 2 heterocycles. The molecule has 5 heteroatoms. The fourth-order valence-corrected chi connectivity index (χ4v) is 3.44. The molecule has 1 atom stereocenters. The highest BCUT2D eigenvalue weighted by molar-refractivity contribution is 5.77. The van der Waals surface area contributed by atoms with E-state index in [0.717, 1.165) is 31.7 Å². The van der Waals surface area contributed by atoms with Crippen molar-refractivity contribution in [2.24, 2.45) is 11.3 Å². The summed E-state index contributed by atoms with van der Waals surface area (Å²) < 4.78 is 5.32. The lowest BCUT2D eigenvalue weighted by atomic mass is 9.83. The summed E-state index contributed by atoms with van der Waals surface area (Å²) in [5.41, 5.74) is 0.115. The number of piperidine rings is 1. The molecule has 3 rings (SSSR count). The van der Waals surface area contributed by atoms with Crippen LogP contribution in [0.4, 0.5) is 0 Å². The highest BCUT2D eigenvalue weighted by Gasteiger charge is 2.41. The first-order chi connectivity index (χ1) is 9.97. The van der Waals surface area contributed by atoms with Crippen LogP contribution in [0, 0.1) is 18.3 Å². The largest absolute Gasteiger partial charge is 0.337 e. The fourth-order valence-electron chi connectivity index (χ4n) is 3.44. The van der Waals surface area contributed by atoms with Crippen molar-refractivity contribution in [1.82, 2.24) is 15.0 Å². The molecule has 1 saturated heterocycles. The molecule has 116 valence electrons. The maximum atomic E-state index is 12.8. The summed E-state index contributed by atoms with van der Waals surface area (Å²) in [6.45, 7) is 7.07. The second-order valence-electron chi connectivity index (χ2n) is 7.22. The Balaban J connectivity index is 1.73. The van der Waals surface area contributed by atoms with E-state index in [4.69, 9.17) is 4.52 Å². The van der Waals surface area contributed by atoms with Crippen LogP contribution in [0.15, 0.2) is 4.52 Å². The maximum absolute atomic E-state index is 12.8. The van der Waals surface area contributed by atoms with Crippen LogP contribution in [0.1, 0.15) is 70.1 Å². The average Bonchev–Trinajstić information content (AvgIpc) is 3.22. The predicted octanol–water partition coefficient (Wildman–Crippen LogP) is 3.26. The molecule has 1 aliphatic heterocycles. The van der Waals surface area contributed by atoms with Gasteiger partial charge in [0.15, 0.2) is 5.82 Å². The Hall–Kier alpha value is -1.39. The van der Waals surface area contributed by atoms with Crippen LogP contribution in [-0.4, -0.2) is 27.5 Å². The average molecular weight is 291 g/mol. The number of rotatable bonds is 4. The predicted molar refractivity (Wildman–Crippen MR) is 78.5 cm³/mol. The van der Waals surface area contributed by atoms with Crippen molar-refractivity contribution in [2.45, 2.75) is 65.3 Å². The van der Waals surface area contributed by atoms with Crippen LogP contribution in [0.25, 0.3) is 0 Å². The number of nitrogens with zero attached hydrogens (tertiary/aromatic N) is 3. The molecule has 1 amide bonds. The molecule has 0 bridgehead atoms. The van der Waals surface area contributed by atoms with Crippen molar-refractivity contribution in [1.29, 1.82) is 0 Å². The molecule has 5 nitrogen and oxygen atoms in total. The molecule has 0 N–H and O–H groups in total. The number of carbonyl (C=O) groups is 1. The molecule has 0 radical (unpaired) electrons. The summed E-state index contributed by atoms with van der Waals surface area (Å²) >= 11 is 0. The molecule has 0 aromatic carbocycles. The smallest absolute Gasteiger partial charge is 0.249 e. The lowest BCUT2D eigenvalue weighted by Gasteiger charge is -2.36. The van der Waals surface area contributed by atoms with E-state index < -0.39 is 0 Å². The molecular weight excluding hydrogens is 266 g/mol. The zero-order chi connectivity index (χ0) is 15.0. The maximum Gasteiger partial charge on any atom is 0.249 e. The summed E-state index contributed by atoms with van der Waals surface area (Å²) in [4.78, 5) is 19.1. The Kier molecular flexibility index (Phi) is 3.76. The van der Waals surface area contributed by atoms with Gasteiger partial charge < -0.3 is 9.42 Å². The van der Waals surface area contributed by atoms with Gasteiger partial charge in [0, 0.05) is 13.0 Å². The summed E-state index contributed by atoms with van der Waals surface area (Å²) in [6.07, 6.45) is 6.28. The van der Waals surface area contributed by atoms with Crippen molar-refractivity contribution in [2.75, 3.05) is 6.54 Å². The number of carbonyl (C=O) groups excluding carboxylic acids is 1. The van der Waals surface area contributed by atoms with Crippen molar-refractivity contribution in [3.05, 3.63) is 11.7 Å². The molecule has 2 fully saturated rings. The molecule has 1 unspecified atom stereocenters. The number of aromatic nitrogens is 2. The topological polar surface area (TPSA) is 59.2 Å². The van der Waals surface area contributed by atoms with Gasteiger partial charge in [-0.2, -0.15) is 4.98 Å². The van der Waals surface area contributed by atoms with E-state index in [2.05, 4.69) is 24.0 Å². The highest BCUT2D eigenvalue weighted by atomic mass is 16.5. The van der Waals surface area contributed by atoms with E-state index in [1.54, 1.807) is 0 Å². The summed E-state index contributed by atoms with van der Waals surface area (Å²) in [7, 11) is 0. The number of hydrogen-bond donors (Lipinski definition) is 0. The Labute approximate surface area is 126 Å². The minimum absolute atomic E-state index is 0.0255. The van der Waals surface area contributed by atoms with E-state index >= 15 is 0 Å². The standard InChI is InChI=1S/C16H25N3O2/c1-11-17-15(21-18-11)13-6-4-5-9-19(13)14(20)10-16(2,3)12-7-8-12/h12-13H,4-10H2,1-3H3. The molecule has 1 aromatic heterocycles. The molecule has 2 aliphatic rings. The quantitative estimate of drug-likeness (QED) is 0.854. The van der Waals surface area contributed by atoms with Gasteiger partial charge in [-0.3, -0.25) is 4.79 Å². The van der Waals surface area contributed by atoms with Crippen LogP contribution in [0.5, 0.6) is 0 Å². The van der Waals surface area contributed by atoms with Crippen molar-refractivity contribution in [3.8, 4) is 0 Å². The van der Waals surface area contributed by atoms with Gasteiger partial charge in [-0.15, -0.1) is 0 Å². The van der Waals surface area contributed by atoms with Gasteiger partial charge >= 0.3 is 0 Å². The number of aryl methyl sites for hydroxylation is 1. The molecule has 1 aliphatic carbocycles. The second-order valence-corrected chi connectivity index (χ2v) is 7.22. The third-order valence-corrected chi connectivity index (χ3v) is 4.94. The number of likely N-dealkylation sites (tertiary alicyclic amines) is 1. The van der Waals surface area contributed by atoms with Crippen molar-refractivity contribution < 1.29 is 9.32 Å². The van der Waals surface area contributed by atoms with Gasteiger partial charge in [-0.1, -0.05) is 19.0 Å². The van der Waals surface area contributed by atoms with Gasteiger partial charge in [-0.25, -0.2) is 0 Å². The zero-order valence-corrected chi connectivity index (χ0v) is 13.3. The van der Waals surface area contributed by atoms with Gasteiger partial charge in [0.25, 0.3) is 0 Å². The first-order valence-electron chi connectivity index (χ1n) is 8.07.